The van der Waals surface area contributed by atoms with Crippen LogP contribution in [0.1, 0.15) is 25.3 Å². The van der Waals surface area contributed by atoms with E-state index in [2.05, 4.69) is 17.2 Å². The van der Waals surface area contributed by atoms with Gasteiger partial charge >= 0.3 is 0 Å². The Kier molecular flexibility index (Phi) is 4.25. The van der Waals surface area contributed by atoms with Crippen LogP contribution in [0.3, 0.4) is 0 Å². The number of anilines is 1. The van der Waals surface area contributed by atoms with E-state index < -0.39 is 6.43 Å². The average molecular weight is 268 g/mol. The molecule has 0 spiro atoms. The van der Waals surface area contributed by atoms with Gasteiger partial charge in [-0.3, -0.25) is 0 Å². The van der Waals surface area contributed by atoms with Crippen molar-refractivity contribution < 1.29 is 8.78 Å². The fraction of sp³-hybridized carbons (Fsp3) is 0.308. The Morgan fingerprint density at radius 1 is 1.28 bits per heavy atom. The first kappa shape index (κ1) is 13.0. The van der Waals surface area contributed by atoms with Crippen molar-refractivity contribution in [2.45, 2.75) is 19.8 Å². The number of rotatable bonds is 5. The van der Waals surface area contributed by atoms with E-state index in [4.69, 9.17) is 0 Å². The predicted molar refractivity (Wildman–Crippen MR) is 71.3 cm³/mol. The highest BCUT2D eigenvalue weighted by Crippen LogP contribution is 2.30. The predicted octanol–water partition coefficient (Wildman–Crippen LogP) is 4.57. The van der Waals surface area contributed by atoms with Crippen molar-refractivity contribution in [3.05, 3.63) is 36.0 Å². The summed E-state index contributed by atoms with van der Waals surface area (Å²) in [6.07, 6.45) is 0.389. The van der Waals surface area contributed by atoms with Crippen LogP contribution in [0.4, 0.5) is 13.9 Å². The van der Waals surface area contributed by atoms with Gasteiger partial charge in [-0.05, 0) is 12.0 Å². The second kappa shape index (κ2) is 5.91. The van der Waals surface area contributed by atoms with E-state index in [1.54, 1.807) is 18.3 Å². The molecule has 0 aliphatic carbocycles. The van der Waals surface area contributed by atoms with Gasteiger partial charge in [-0.25, -0.2) is 13.8 Å². The number of aromatic nitrogens is 1. The van der Waals surface area contributed by atoms with Gasteiger partial charge in [0.05, 0.1) is 4.88 Å². The van der Waals surface area contributed by atoms with Crippen LogP contribution < -0.4 is 5.32 Å². The number of benzene rings is 1. The van der Waals surface area contributed by atoms with Gasteiger partial charge in [-0.1, -0.05) is 42.5 Å². The van der Waals surface area contributed by atoms with Crippen molar-refractivity contribution in [3.8, 4) is 10.4 Å². The summed E-state index contributed by atoms with van der Waals surface area (Å²) >= 11 is 1.53. The molecule has 0 amide bonds. The number of hydrogen-bond acceptors (Lipinski definition) is 3. The van der Waals surface area contributed by atoms with E-state index in [1.165, 1.54) is 23.5 Å². The van der Waals surface area contributed by atoms with Gasteiger partial charge in [0.1, 0.15) is 0 Å². The number of nitrogens with one attached hydrogen (secondary N) is 1. The maximum Gasteiger partial charge on any atom is 0.263 e. The van der Waals surface area contributed by atoms with Crippen molar-refractivity contribution in [1.82, 2.24) is 4.98 Å². The van der Waals surface area contributed by atoms with E-state index in [0.717, 1.165) is 28.5 Å². The van der Waals surface area contributed by atoms with E-state index in [1.807, 2.05) is 0 Å². The first-order valence-corrected chi connectivity index (χ1v) is 6.60. The minimum absolute atomic E-state index is 0.0487. The third kappa shape index (κ3) is 3.04. The minimum Gasteiger partial charge on any atom is -0.362 e. The molecule has 5 heteroatoms. The largest absolute Gasteiger partial charge is 0.362 e. The normalized spacial score (nSPS) is 10.9. The SMILES string of the molecule is CCCNc1ncc(-c2ccc(C(F)F)cc2)s1. The molecule has 1 N–H and O–H groups in total. The molecule has 0 unspecified atom stereocenters. The van der Waals surface area contributed by atoms with Crippen LogP contribution in [-0.4, -0.2) is 11.5 Å². The molecular formula is C13H14F2N2S. The number of halogens is 2. The maximum absolute atomic E-state index is 12.4. The number of nitrogens with zero attached hydrogens (tertiary/aromatic N) is 1. The van der Waals surface area contributed by atoms with Crippen LogP contribution in [0.15, 0.2) is 30.5 Å². The highest BCUT2D eigenvalue weighted by molar-refractivity contribution is 7.18. The lowest BCUT2D eigenvalue weighted by atomic mass is 10.1. The summed E-state index contributed by atoms with van der Waals surface area (Å²) in [6.45, 7) is 2.97. The summed E-state index contributed by atoms with van der Waals surface area (Å²) in [7, 11) is 0. The topological polar surface area (TPSA) is 24.9 Å². The molecule has 0 saturated heterocycles. The third-order valence-electron chi connectivity index (χ3n) is 2.48. The lowest BCUT2D eigenvalue weighted by molar-refractivity contribution is 0.151. The number of hydrogen-bond donors (Lipinski definition) is 1. The first-order valence-electron chi connectivity index (χ1n) is 5.79. The molecular weight excluding hydrogens is 254 g/mol. The van der Waals surface area contributed by atoms with Crippen LogP contribution in [0.2, 0.25) is 0 Å². The zero-order chi connectivity index (χ0) is 13.0. The van der Waals surface area contributed by atoms with E-state index in [9.17, 15) is 8.78 Å². The van der Waals surface area contributed by atoms with Crippen molar-refractivity contribution in [2.24, 2.45) is 0 Å². The summed E-state index contributed by atoms with van der Waals surface area (Å²) < 4.78 is 24.8. The highest BCUT2D eigenvalue weighted by atomic mass is 32.1. The zero-order valence-electron chi connectivity index (χ0n) is 9.99. The Labute approximate surface area is 109 Å². The first-order chi connectivity index (χ1) is 8.70. The molecule has 96 valence electrons. The molecule has 2 rings (SSSR count). The van der Waals surface area contributed by atoms with Crippen molar-refractivity contribution in [2.75, 3.05) is 11.9 Å². The fourth-order valence-corrected chi connectivity index (χ4v) is 2.36. The number of thiazole rings is 1. The Morgan fingerprint density at radius 3 is 2.61 bits per heavy atom. The van der Waals surface area contributed by atoms with Gasteiger partial charge in [0.2, 0.25) is 0 Å². The fourth-order valence-electron chi connectivity index (χ4n) is 1.51. The Morgan fingerprint density at radius 2 is 2.00 bits per heavy atom. The Balaban J connectivity index is 2.13. The third-order valence-corrected chi connectivity index (χ3v) is 3.48. The Hall–Kier alpha value is -1.49. The summed E-state index contributed by atoms with van der Waals surface area (Å²) in [6, 6.07) is 6.33. The summed E-state index contributed by atoms with van der Waals surface area (Å²) in [5.41, 5.74) is 0.967. The van der Waals surface area contributed by atoms with Gasteiger partial charge in [0, 0.05) is 18.3 Å². The quantitative estimate of drug-likeness (QED) is 0.859. The van der Waals surface area contributed by atoms with Crippen molar-refractivity contribution >= 4 is 16.5 Å². The maximum atomic E-state index is 12.4. The van der Waals surface area contributed by atoms with Crippen LogP contribution in [-0.2, 0) is 0 Å². The molecule has 0 bridgehead atoms. The van der Waals surface area contributed by atoms with E-state index >= 15 is 0 Å². The smallest absolute Gasteiger partial charge is 0.263 e. The van der Waals surface area contributed by atoms with Gasteiger partial charge < -0.3 is 5.32 Å². The van der Waals surface area contributed by atoms with Crippen LogP contribution >= 0.6 is 11.3 Å². The molecule has 0 radical (unpaired) electrons. The zero-order valence-corrected chi connectivity index (χ0v) is 10.8. The molecule has 2 aromatic rings. The monoisotopic (exact) mass is 268 g/mol. The summed E-state index contributed by atoms with van der Waals surface area (Å²) in [5.74, 6) is 0. The molecule has 0 saturated carbocycles. The molecule has 0 fully saturated rings. The summed E-state index contributed by atoms with van der Waals surface area (Å²) in [5, 5.41) is 4.07. The Bertz CT molecular complexity index is 494. The molecule has 1 aromatic heterocycles. The van der Waals surface area contributed by atoms with Crippen molar-refractivity contribution in [1.29, 1.82) is 0 Å². The van der Waals surface area contributed by atoms with Crippen molar-refractivity contribution in [3.63, 3.8) is 0 Å². The van der Waals surface area contributed by atoms with Crippen LogP contribution in [0.25, 0.3) is 10.4 Å². The second-order valence-corrected chi connectivity index (χ2v) is 4.91. The van der Waals surface area contributed by atoms with Gasteiger partial charge in [-0.15, -0.1) is 0 Å². The molecule has 0 aliphatic rings. The van der Waals surface area contributed by atoms with Crippen LogP contribution in [0.5, 0.6) is 0 Å². The molecule has 0 aliphatic heterocycles. The summed E-state index contributed by atoms with van der Waals surface area (Å²) in [4.78, 5) is 5.23. The lowest BCUT2D eigenvalue weighted by Crippen LogP contribution is -1.97. The van der Waals surface area contributed by atoms with E-state index in [0.29, 0.717) is 0 Å². The lowest BCUT2D eigenvalue weighted by Gasteiger charge is -2.01. The molecule has 1 heterocycles. The van der Waals surface area contributed by atoms with Gasteiger partial charge in [0.25, 0.3) is 6.43 Å². The highest BCUT2D eigenvalue weighted by Gasteiger charge is 2.08. The van der Waals surface area contributed by atoms with Gasteiger partial charge in [-0.2, -0.15) is 0 Å². The molecule has 2 nitrogen and oxygen atoms in total. The second-order valence-electron chi connectivity index (χ2n) is 3.88. The molecule has 0 atom stereocenters. The van der Waals surface area contributed by atoms with Gasteiger partial charge in [0.15, 0.2) is 5.13 Å². The molecule has 18 heavy (non-hydrogen) atoms. The van der Waals surface area contributed by atoms with E-state index in [-0.39, 0.29) is 5.56 Å². The standard InChI is InChI=1S/C13H14F2N2S/c1-2-7-16-13-17-8-11(18-13)9-3-5-10(6-4-9)12(14)15/h3-6,8,12H,2,7H2,1H3,(H,16,17). The average Bonchev–Trinajstić information content (AvgIpc) is 2.85. The number of alkyl halides is 2. The van der Waals surface area contributed by atoms with Crippen LogP contribution in [0, 0.1) is 0 Å². The molecule has 1 aromatic carbocycles. The minimum atomic E-state index is -2.41.